The van der Waals surface area contributed by atoms with Crippen LogP contribution in [0.15, 0.2) is 0 Å². The second-order valence-electron chi connectivity index (χ2n) is 4.48. The Bertz CT molecular complexity index is 159. The number of ether oxygens (including phenoxy) is 1. The molecule has 0 aliphatic heterocycles. The molecule has 0 saturated carbocycles. The summed E-state index contributed by atoms with van der Waals surface area (Å²) >= 11 is 0. The van der Waals surface area contributed by atoms with Gasteiger partial charge >= 0.3 is 5.97 Å². The summed E-state index contributed by atoms with van der Waals surface area (Å²) in [6.07, 6.45) is 1.55. The lowest BCUT2D eigenvalue weighted by atomic mass is 9.88. The Morgan fingerprint density at radius 1 is 1.46 bits per heavy atom. The van der Waals surface area contributed by atoms with Crippen LogP contribution in [0.4, 0.5) is 0 Å². The highest BCUT2D eigenvalue weighted by atomic mass is 16.5. The topological polar surface area (TPSA) is 26.3 Å². The SMILES string of the molecule is [CH2]CCC(C)(C)C(=O)OCC(C)C. The largest absolute Gasteiger partial charge is 0.465 e. The summed E-state index contributed by atoms with van der Waals surface area (Å²) in [5.41, 5.74) is -0.378. The van der Waals surface area contributed by atoms with Gasteiger partial charge in [-0.2, -0.15) is 0 Å². The summed E-state index contributed by atoms with van der Waals surface area (Å²) in [6, 6.07) is 0. The van der Waals surface area contributed by atoms with E-state index in [0.717, 1.165) is 12.8 Å². The summed E-state index contributed by atoms with van der Waals surface area (Å²) in [6.45, 7) is 12.1. The third-order valence-corrected chi connectivity index (χ3v) is 1.90. The maximum atomic E-state index is 11.5. The maximum absolute atomic E-state index is 11.5. The fourth-order valence-electron chi connectivity index (χ4n) is 0.982. The molecule has 2 heteroatoms. The van der Waals surface area contributed by atoms with Crippen molar-refractivity contribution in [3.63, 3.8) is 0 Å². The van der Waals surface area contributed by atoms with Gasteiger partial charge in [0.1, 0.15) is 0 Å². The van der Waals surface area contributed by atoms with E-state index >= 15 is 0 Å². The van der Waals surface area contributed by atoms with Gasteiger partial charge in [0.2, 0.25) is 0 Å². The van der Waals surface area contributed by atoms with E-state index in [9.17, 15) is 4.79 Å². The van der Waals surface area contributed by atoms with E-state index in [-0.39, 0.29) is 11.4 Å². The molecule has 0 aliphatic rings. The number of rotatable bonds is 5. The summed E-state index contributed by atoms with van der Waals surface area (Å²) in [4.78, 5) is 11.5. The zero-order valence-corrected chi connectivity index (χ0v) is 9.22. The van der Waals surface area contributed by atoms with Gasteiger partial charge in [-0.25, -0.2) is 0 Å². The molecule has 77 valence electrons. The molecule has 0 bridgehead atoms. The molecule has 0 spiro atoms. The predicted octanol–water partition coefficient (Wildman–Crippen LogP) is 2.83. The van der Waals surface area contributed by atoms with E-state index < -0.39 is 0 Å². The summed E-state index contributed by atoms with van der Waals surface area (Å²) in [7, 11) is 0. The van der Waals surface area contributed by atoms with Crippen LogP contribution in [-0.4, -0.2) is 12.6 Å². The van der Waals surface area contributed by atoms with Crippen LogP contribution in [0, 0.1) is 18.3 Å². The number of carbonyl (C=O) groups is 1. The minimum Gasteiger partial charge on any atom is -0.465 e. The van der Waals surface area contributed by atoms with Crippen molar-refractivity contribution in [2.45, 2.75) is 40.5 Å². The number of hydrogen-bond acceptors (Lipinski definition) is 2. The van der Waals surface area contributed by atoms with E-state index in [4.69, 9.17) is 4.74 Å². The third kappa shape index (κ3) is 4.91. The van der Waals surface area contributed by atoms with Gasteiger partial charge < -0.3 is 4.74 Å². The Hall–Kier alpha value is -0.530. The van der Waals surface area contributed by atoms with Gasteiger partial charge in [0.05, 0.1) is 12.0 Å². The first-order chi connectivity index (χ1) is 5.90. The van der Waals surface area contributed by atoms with Crippen molar-refractivity contribution in [2.75, 3.05) is 6.61 Å². The molecular formula is C11H21O2. The number of hydrogen-bond donors (Lipinski definition) is 0. The second-order valence-corrected chi connectivity index (χ2v) is 4.48. The van der Waals surface area contributed by atoms with Crippen molar-refractivity contribution < 1.29 is 9.53 Å². The highest BCUT2D eigenvalue weighted by Gasteiger charge is 2.28. The molecule has 0 N–H and O–H groups in total. The van der Waals surface area contributed by atoms with E-state index in [0.29, 0.717) is 12.5 Å². The molecule has 2 nitrogen and oxygen atoms in total. The lowest BCUT2D eigenvalue weighted by Gasteiger charge is -2.22. The normalized spacial score (nSPS) is 11.8. The van der Waals surface area contributed by atoms with Crippen molar-refractivity contribution in [3.05, 3.63) is 6.92 Å². The highest BCUT2D eigenvalue weighted by molar-refractivity contribution is 5.75. The number of esters is 1. The van der Waals surface area contributed by atoms with Crippen molar-refractivity contribution >= 4 is 5.97 Å². The minimum absolute atomic E-state index is 0.107. The molecule has 0 unspecified atom stereocenters. The number of carbonyl (C=O) groups excluding carboxylic acids is 1. The standard InChI is InChI=1S/C11H21O2/c1-6-7-11(4,5)10(12)13-8-9(2)3/h9H,1,6-8H2,2-5H3. The van der Waals surface area contributed by atoms with Gasteiger partial charge in [0.25, 0.3) is 0 Å². The van der Waals surface area contributed by atoms with E-state index in [1.54, 1.807) is 0 Å². The van der Waals surface area contributed by atoms with Crippen molar-refractivity contribution in [1.29, 1.82) is 0 Å². The fraction of sp³-hybridized carbons (Fsp3) is 0.818. The maximum Gasteiger partial charge on any atom is 0.311 e. The molecule has 0 atom stereocenters. The highest BCUT2D eigenvalue weighted by Crippen LogP contribution is 2.23. The van der Waals surface area contributed by atoms with Crippen LogP contribution in [-0.2, 0) is 9.53 Å². The molecule has 0 fully saturated rings. The van der Waals surface area contributed by atoms with Crippen molar-refractivity contribution in [3.8, 4) is 0 Å². The first kappa shape index (κ1) is 12.5. The van der Waals surface area contributed by atoms with Gasteiger partial charge in [0, 0.05) is 0 Å². The molecule has 0 aromatic heterocycles. The third-order valence-electron chi connectivity index (χ3n) is 1.90. The Balaban J connectivity index is 3.94. The van der Waals surface area contributed by atoms with Gasteiger partial charge in [0.15, 0.2) is 0 Å². The molecule has 0 rings (SSSR count). The van der Waals surface area contributed by atoms with Crippen LogP contribution in [0.3, 0.4) is 0 Å². The first-order valence-corrected chi connectivity index (χ1v) is 4.86. The van der Waals surface area contributed by atoms with Crippen molar-refractivity contribution in [1.82, 2.24) is 0 Å². The lowest BCUT2D eigenvalue weighted by molar-refractivity contribution is -0.155. The Labute approximate surface area is 81.7 Å². The van der Waals surface area contributed by atoms with Crippen LogP contribution in [0.2, 0.25) is 0 Å². The summed E-state index contributed by atoms with van der Waals surface area (Å²) in [5.74, 6) is 0.296. The average Bonchev–Trinajstić information content (AvgIpc) is 1.99. The average molecular weight is 185 g/mol. The van der Waals surface area contributed by atoms with E-state index in [1.807, 2.05) is 27.7 Å². The molecule has 0 amide bonds. The van der Waals surface area contributed by atoms with Crippen LogP contribution >= 0.6 is 0 Å². The first-order valence-electron chi connectivity index (χ1n) is 4.86. The van der Waals surface area contributed by atoms with Gasteiger partial charge in [-0.15, -0.1) is 0 Å². The fourth-order valence-corrected chi connectivity index (χ4v) is 0.982. The molecule has 0 aromatic carbocycles. The Morgan fingerprint density at radius 2 is 2.00 bits per heavy atom. The zero-order chi connectivity index (χ0) is 10.5. The predicted molar refractivity (Wildman–Crippen MR) is 54.2 cm³/mol. The Kier molecular flexibility index (Phi) is 5.04. The van der Waals surface area contributed by atoms with Crippen LogP contribution in [0.1, 0.15) is 40.5 Å². The molecule has 0 saturated heterocycles. The summed E-state index contributed by atoms with van der Waals surface area (Å²) < 4.78 is 5.15. The molecule has 0 heterocycles. The van der Waals surface area contributed by atoms with Gasteiger partial charge in [-0.1, -0.05) is 27.2 Å². The molecule has 13 heavy (non-hydrogen) atoms. The summed E-state index contributed by atoms with van der Waals surface area (Å²) in [5, 5.41) is 0. The zero-order valence-electron chi connectivity index (χ0n) is 9.22. The van der Waals surface area contributed by atoms with E-state index in [2.05, 4.69) is 6.92 Å². The quantitative estimate of drug-likeness (QED) is 0.616. The lowest BCUT2D eigenvalue weighted by Crippen LogP contribution is -2.27. The molecule has 0 aromatic rings. The second kappa shape index (κ2) is 5.25. The smallest absolute Gasteiger partial charge is 0.311 e. The van der Waals surface area contributed by atoms with E-state index in [1.165, 1.54) is 0 Å². The van der Waals surface area contributed by atoms with Gasteiger partial charge in [-0.3, -0.25) is 4.79 Å². The Morgan fingerprint density at radius 3 is 2.38 bits per heavy atom. The van der Waals surface area contributed by atoms with Crippen LogP contribution in [0.25, 0.3) is 0 Å². The molecule has 1 radical (unpaired) electrons. The monoisotopic (exact) mass is 185 g/mol. The molecular weight excluding hydrogens is 164 g/mol. The van der Waals surface area contributed by atoms with Crippen molar-refractivity contribution in [2.24, 2.45) is 11.3 Å². The van der Waals surface area contributed by atoms with Crippen LogP contribution < -0.4 is 0 Å². The molecule has 0 aliphatic carbocycles. The minimum atomic E-state index is -0.378. The van der Waals surface area contributed by atoms with Crippen LogP contribution in [0.5, 0.6) is 0 Å². The van der Waals surface area contributed by atoms with Gasteiger partial charge in [-0.05, 0) is 26.2 Å².